The Kier molecular flexibility index (Phi) is 3.57. The molecule has 0 unspecified atom stereocenters. The van der Waals surface area contributed by atoms with E-state index in [1.165, 1.54) is 6.92 Å². The molecule has 1 heterocycles. The van der Waals surface area contributed by atoms with E-state index in [4.69, 9.17) is 0 Å². The van der Waals surface area contributed by atoms with Gasteiger partial charge in [0.2, 0.25) is 5.91 Å². The number of amides is 1. The van der Waals surface area contributed by atoms with Crippen LogP contribution in [-0.4, -0.2) is 15.9 Å². The molecule has 0 aliphatic carbocycles. The van der Waals surface area contributed by atoms with Gasteiger partial charge in [-0.05, 0) is 29.8 Å². The second-order valence-corrected chi connectivity index (χ2v) is 3.83. The van der Waals surface area contributed by atoms with Gasteiger partial charge in [-0.1, -0.05) is 0 Å². The van der Waals surface area contributed by atoms with Crippen molar-refractivity contribution in [2.75, 3.05) is 0 Å². The molecule has 14 heavy (non-hydrogen) atoms. The van der Waals surface area contributed by atoms with Crippen molar-refractivity contribution in [2.24, 2.45) is 0 Å². The van der Waals surface area contributed by atoms with Gasteiger partial charge < -0.3 is 5.32 Å². The molecule has 1 N–H and O–H groups in total. The molecule has 0 aliphatic heterocycles. The van der Waals surface area contributed by atoms with Crippen LogP contribution in [-0.2, 0) is 11.3 Å². The van der Waals surface area contributed by atoms with Gasteiger partial charge in [-0.3, -0.25) is 4.79 Å². The van der Waals surface area contributed by atoms with Gasteiger partial charge in [0, 0.05) is 6.92 Å². The average Bonchev–Trinajstić information content (AvgIpc) is 2.10. The van der Waals surface area contributed by atoms with E-state index < -0.39 is 0 Å². The number of halogens is 1. The zero-order valence-electron chi connectivity index (χ0n) is 8.39. The average molecular weight is 258 g/mol. The number of aromatic nitrogens is 2. The minimum Gasteiger partial charge on any atom is -0.349 e. The van der Waals surface area contributed by atoms with Crippen LogP contribution >= 0.6 is 15.9 Å². The molecule has 0 radical (unpaired) electrons. The normalized spacial score (nSPS) is 10.0. The molecule has 0 fully saturated rings. The standard InChI is InChI=1S/C9H12BrN3O/c1-5-9(10)6(2)13-8(12-5)4-11-7(3)14/h4H2,1-3H3,(H,11,14). The Balaban J connectivity index is 2.84. The summed E-state index contributed by atoms with van der Waals surface area (Å²) in [4.78, 5) is 19.1. The first-order chi connectivity index (χ1) is 6.50. The van der Waals surface area contributed by atoms with Crippen LogP contribution < -0.4 is 5.32 Å². The first-order valence-electron chi connectivity index (χ1n) is 4.24. The van der Waals surface area contributed by atoms with Crippen LogP contribution in [0.3, 0.4) is 0 Å². The second-order valence-electron chi connectivity index (χ2n) is 3.03. The predicted molar refractivity (Wildman–Crippen MR) is 56.7 cm³/mol. The summed E-state index contributed by atoms with van der Waals surface area (Å²) in [6.45, 7) is 5.65. The quantitative estimate of drug-likeness (QED) is 0.874. The summed E-state index contributed by atoms with van der Waals surface area (Å²) in [5, 5.41) is 2.66. The number of nitrogens with zero attached hydrogens (tertiary/aromatic N) is 2. The molecule has 0 aliphatic rings. The highest BCUT2D eigenvalue weighted by Gasteiger charge is 2.05. The van der Waals surface area contributed by atoms with Crippen LogP contribution in [0.5, 0.6) is 0 Å². The molecule has 0 bridgehead atoms. The van der Waals surface area contributed by atoms with Crippen molar-refractivity contribution in [3.8, 4) is 0 Å². The highest BCUT2D eigenvalue weighted by molar-refractivity contribution is 9.10. The van der Waals surface area contributed by atoms with Crippen LogP contribution in [0.1, 0.15) is 24.1 Å². The van der Waals surface area contributed by atoms with Crippen LogP contribution in [0.2, 0.25) is 0 Å². The number of hydrogen-bond donors (Lipinski definition) is 1. The fourth-order valence-corrected chi connectivity index (χ4v) is 1.23. The monoisotopic (exact) mass is 257 g/mol. The van der Waals surface area contributed by atoms with Crippen molar-refractivity contribution in [3.05, 3.63) is 21.7 Å². The van der Waals surface area contributed by atoms with Crippen LogP contribution in [0.4, 0.5) is 0 Å². The molecule has 0 spiro atoms. The number of carbonyl (C=O) groups excluding carboxylic acids is 1. The first-order valence-corrected chi connectivity index (χ1v) is 5.04. The Morgan fingerprint density at radius 2 is 1.86 bits per heavy atom. The highest BCUT2D eigenvalue weighted by Crippen LogP contribution is 2.16. The third-order valence-corrected chi connectivity index (χ3v) is 2.87. The van der Waals surface area contributed by atoms with E-state index in [1.54, 1.807) is 0 Å². The van der Waals surface area contributed by atoms with Crippen molar-refractivity contribution in [1.29, 1.82) is 0 Å². The third kappa shape index (κ3) is 2.77. The van der Waals surface area contributed by atoms with Crippen LogP contribution in [0.25, 0.3) is 0 Å². The summed E-state index contributed by atoms with van der Waals surface area (Å²) in [6, 6.07) is 0. The van der Waals surface area contributed by atoms with E-state index >= 15 is 0 Å². The van der Waals surface area contributed by atoms with Gasteiger partial charge >= 0.3 is 0 Å². The summed E-state index contributed by atoms with van der Waals surface area (Å²) in [6.07, 6.45) is 0. The van der Waals surface area contributed by atoms with E-state index in [0.29, 0.717) is 12.4 Å². The maximum Gasteiger partial charge on any atom is 0.217 e. The van der Waals surface area contributed by atoms with Gasteiger partial charge in [0.05, 0.1) is 22.4 Å². The largest absolute Gasteiger partial charge is 0.349 e. The van der Waals surface area contributed by atoms with Crippen molar-refractivity contribution < 1.29 is 4.79 Å². The fraction of sp³-hybridized carbons (Fsp3) is 0.444. The number of carbonyl (C=O) groups is 1. The number of hydrogen-bond acceptors (Lipinski definition) is 3. The second kappa shape index (κ2) is 4.50. The van der Waals surface area contributed by atoms with Crippen molar-refractivity contribution in [3.63, 3.8) is 0 Å². The van der Waals surface area contributed by atoms with Crippen LogP contribution in [0, 0.1) is 13.8 Å². The summed E-state index contributed by atoms with van der Waals surface area (Å²) in [5.74, 6) is 0.560. The predicted octanol–water partition coefficient (Wildman–Crippen LogP) is 1.49. The smallest absolute Gasteiger partial charge is 0.217 e. The topological polar surface area (TPSA) is 54.9 Å². The molecule has 1 aromatic heterocycles. The Labute approximate surface area is 91.3 Å². The number of rotatable bonds is 2. The lowest BCUT2D eigenvalue weighted by Gasteiger charge is -2.06. The molecular weight excluding hydrogens is 246 g/mol. The minimum absolute atomic E-state index is 0.0770. The van der Waals surface area contributed by atoms with Crippen molar-refractivity contribution >= 4 is 21.8 Å². The lowest BCUT2D eigenvalue weighted by Crippen LogP contribution is -2.21. The van der Waals surface area contributed by atoms with E-state index in [1.807, 2.05) is 13.8 Å². The van der Waals surface area contributed by atoms with Gasteiger partial charge in [0.25, 0.3) is 0 Å². The molecule has 0 saturated carbocycles. The molecule has 1 rings (SSSR count). The Bertz CT molecular complexity index is 342. The zero-order valence-corrected chi connectivity index (χ0v) is 9.97. The molecule has 76 valence electrons. The lowest BCUT2D eigenvalue weighted by atomic mass is 10.3. The maximum atomic E-state index is 10.7. The Morgan fingerprint density at radius 1 is 1.36 bits per heavy atom. The van der Waals surface area contributed by atoms with Gasteiger partial charge in [-0.2, -0.15) is 0 Å². The molecular formula is C9H12BrN3O. The summed E-state index contributed by atoms with van der Waals surface area (Å²) >= 11 is 3.38. The molecule has 0 saturated heterocycles. The van der Waals surface area contributed by atoms with Crippen molar-refractivity contribution in [1.82, 2.24) is 15.3 Å². The van der Waals surface area contributed by atoms with Gasteiger partial charge in [0.15, 0.2) is 0 Å². The third-order valence-electron chi connectivity index (χ3n) is 1.72. The highest BCUT2D eigenvalue weighted by atomic mass is 79.9. The lowest BCUT2D eigenvalue weighted by molar-refractivity contribution is -0.119. The van der Waals surface area contributed by atoms with E-state index in [9.17, 15) is 4.79 Å². The zero-order chi connectivity index (χ0) is 10.7. The Hall–Kier alpha value is -0.970. The molecule has 0 aromatic carbocycles. The van der Waals surface area contributed by atoms with Crippen LogP contribution in [0.15, 0.2) is 4.47 Å². The van der Waals surface area contributed by atoms with Gasteiger partial charge in [-0.15, -0.1) is 0 Å². The molecule has 5 heteroatoms. The Morgan fingerprint density at radius 3 is 2.29 bits per heavy atom. The SMILES string of the molecule is CC(=O)NCc1nc(C)c(Br)c(C)n1. The molecule has 1 amide bonds. The first kappa shape index (κ1) is 11.1. The summed E-state index contributed by atoms with van der Waals surface area (Å²) < 4.78 is 0.920. The van der Waals surface area contributed by atoms with E-state index in [0.717, 1.165) is 15.9 Å². The maximum absolute atomic E-state index is 10.7. The summed E-state index contributed by atoms with van der Waals surface area (Å²) in [5.41, 5.74) is 1.77. The number of nitrogens with one attached hydrogen (secondary N) is 1. The molecule has 4 nitrogen and oxygen atoms in total. The van der Waals surface area contributed by atoms with Crippen molar-refractivity contribution in [2.45, 2.75) is 27.3 Å². The minimum atomic E-state index is -0.0770. The van der Waals surface area contributed by atoms with Gasteiger partial charge in [-0.25, -0.2) is 9.97 Å². The summed E-state index contributed by atoms with van der Waals surface area (Å²) in [7, 11) is 0. The number of aryl methyl sites for hydroxylation is 2. The fourth-order valence-electron chi connectivity index (χ4n) is 1.05. The van der Waals surface area contributed by atoms with E-state index in [2.05, 4.69) is 31.2 Å². The molecule has 1 aromatic rings. The van der Waals surface area contributed by atoms with Gasteiger partial charge in [0.1, 0.15) is 5.82 Å². The molecule has 0 atom stereocenters. The van der Waals surface area contributed by atoms with E-state index in [-0.39, 0.29) is 5.91 Å².